The average Bonchev–Trinajstić information content (AvgIpc) is 3.15. The van der Waals surface area contributed by atoms with Crippen molar-refractivity contribution in [2.24, 2.45) is 12.5 Å². The third-order valence-corrected chi connectivity index (χ3v) is 5.10. The van der Waals surface area contributed by atoms with Crippen molar-refractivity contribution in [3.8, 4) is 16.8 Å². The Balaban J connectivity index is 1.83. The number of imidazole rings is 1. The van der Waals surface area contributed by atoms with Gasteiger partial charge in [0.1, 0.15) is 0 Å². The fourth-order valence-corrected chi connectivity index (χ4v) is 3.72. The summed E-state index contributed by atoms with van der Waals surface area (Å²) in [6.07, 6.45) is 1.90. The van der Waals surface area contributed by atoms with Crippen LogP contribution in [0.5, 0.6) is 0 Å². The predicted octanol–water partition coefficient (Wildman–Crippen LogP) is 4.55. The average molecular weight is 374 g/mol. The molecule has 4 aromatic rings. The Morgan fingerprint density at radius 1 is 1.00 bits per heavy atom. The lowest BCUT2D eigenvalue weighted by molar-refractivity contribution is 0.342. The molecule has 0 saturated heterocycles. The van der Waals surface area contributed by atoms with Gasteiger partial charge in [-0.25, -0.2) is 9.48 Å². The van der Waals surface area contributed by atoms with Crippen LogP contribution in [0.4, 0.5) is 0 Å². The lowest BCUT2D eigenvalue weighted by Crippen LogP contribution is -2.27. The minimum Gasteiger partial charge on any atom is -0.295 e. The summed E-state index contributed by atoms with van der Waals surface area (Å²) in [5.74, 6) is 0. The van der Waals surface area contributed by atoms with Crippen LogP contribution in [0.1, 0.15) is 26.5 Å². The smallest absolute Gasteiger partial charge is 0.295 e. The molecular formula is C23H26N4O. The van der Waals surface area contributed by atoms with E-state index in [1.165, 1.54) is 0 Å². The number of hydrogen-bond acceptors (Lipinski definition) is 2. The highest BCUT2D eigenvalue weighted by molar-refractivity contribution is 5.83. The molecule has 2 aromatic carbocycles. The summed E-state index contributed by atoms with van der Waals surface area (Å²) in [6, 6.07) is 16.3. The van der Waals surface area contributed by atoms with Crippen LogP contribution in [0.3, 0.4) is 0 Å². The third kappa shape index (κ3) is 3.07. The number of benzene rings is 2. The van der Waals surface area contributed by atoms with Crippen molar-refractivity contribution >= 4 is 11.0 Å². The van der Waals surface area contributed by atoms with Crippen LogP contribution in [0.25, 0.3) is 27.8 Å². The molecule has 2 heterocycles. The minimum absolute atomic E-state index is 0.0266. The molecule has 5 nitrogen and oxygen atoms in total. The molecule has 0 aliphatic heterocycles. The van der Waals surface area contributed by atoms with Gasteiger partial charge in [-0.1, -0.05) is 45.0 Å². The largest absolute Gasteiger partial charge is 0.328 e. The van der Waals surface area contributed by atoms with E-state index in [1.54, 1.807) is 4.57 Å². The number of hydrogen-bond donors (Lipinski definition) is 0. The summed E-state index contributed by atoms with van der Waals surface area (Å²) in [5, 5.41) is 4.58. The second-order valence-electron chi connectivity index (χ2n) is 8.58. The second kappa shape index (κ2) is 6.51. The molecule has 0 unspecified atom stereocenters. The standard InChI is InChI=1S/C23H26N4O/c1-16-19(14-24-27(16)18-9-7-6-8-10-18)17-11-12-20-21(13-17)25(5)22(28)26(20)15-23(2,3)4/h6-14H,15H2,1-5H3. The SMILES string of the molecule is Cc1c(-c2ccc3c(c2)n(C)c(=O)n3CC(C)(C)C)cnn1-c1ccccc1. The van der Waals surface area contributed by atoms with E-state index in [2.05, 4.69) is 51.0 Å². The van der Waals surface area contributed by atoms with Gasteiger partial charge in [0.15, 0.2) is 0 Å². The molecule has 0 spiro atoms. The monoisotopic (exact) mass is 374 g/mol. The molecule has 0 N–H and O–H groups in total. The molecule has 28 heavy (non-hydrogen) atoms. The molecule has 5 heteroatoms. The van der Waals surface area contributed by atoms with Crippen molar-refractivity contribution in [1.82, 2.24) is 18.9 Å². The highest BCUT2D eigenvalue weighted by Gasteiger charge is 2.19. The Labute approximate surface area is 164 Å². The van der Waals surface area contributed by atoms with Gasteiger partial charge >= 0.3 is 5.69 Å². The summed E-state index contributed by atoms with van der Waals surface area (Å²) in [4.78, 5) is 12.8. The molecule has 4 rings (SSSR count). The maximum Gasteiger partial charge on any atom is 0.328 e. The van der Waals surface area contributed by atoms with Gasteiger partial charge in [0.2, 0.25) is 0 Å². The first kappa shape index (κ1) is 18.3. The second-order valence-corrected chi connectivity index (χ2v) is 8.58. The van der Waals surface area contributed by atoms with Crippen LogP contribution in [0.2, 0.25) is 0 Å². The molecule has 0 radical (unpaired) electrons. The Bertz CT molecular complexity index is 1200. The van der Waals surface area contributed by atoms with Gasteiger partial charge in [0, 0.05) is 24.8 Å². The third-order valence-electron chi connectivity index (χ3n) is 5.10. The van der Waals surface area contributed by atoms with E-state index >= 15 is 0 Å². The van der Waals surface area contributed by atoms with Gasteiger partial charge in [-0.3, -0.25) is 9.13 Å². The van der Waals surface area contributed by atoms with E-state index in [0.717, 1.165) is 33.5 Å². The first-order valence-electron chi connectivity index (χ1n) is 9.56. The minimum atomic E-state index is 0.0266. The van der Waals surface area contributed by atoms with Crippen LogP contribution in [0, 0.1) is 12.3 Å². The number of rotatable bonds is 3. The van der Waals surface area contributed by atoms with Crippen molar-refractivity contribution < 1.29 is 0 Å². The maximum absolute atomic E-state index is 12.8. The van der Waals surface area contributed by atoms with Crippen molar-refractivity contribution in [2.45, 2.75) is 34.2 Å². The lowest BCUT2D eigenvalue weighted by Gasteiger charge is -2.18. The normalized spacial score (nSPS) is 12.0. The van der Waals surface area contributed by atoms with Crippen molar-refractivity contribution in [1.29, 1.82) is 0 Å². The summed E-state index contributed by atoms with van der Waals surface area (Å²) in [7, 11) is 1.84. The van der Waals surface area contributed by atoms with Crippen LogP contribution < -0.4 is 5.69 Å². The number of aromatic nitrogens is 4. The van der Waals surface area contributed by atoms with E-state index in [4.69, 9.17) is 0 Å². The first-order chi connectivity index (χ1) is 13.3. The highest BCUT2D eigenvalue weighted by atomic mass is 16.1. The lowest BCUT2D eigenvalue weighted by atomic mass is 9.97. The molecule has 0 fully saturated rings. The molecule has 0 saturated carbocycles. The molecular weight excluding hydrogens is 348 g/mol. The summed E-state index contributed by atoms with van der Waals surface area (Å²) in [5.41, 5.74) is 6.22. The molecule has 2 aromatic heterocycles. The molecule has 0 bridgehead atoms. The van der Waals surface area contributed by atoms with Crippen molar-refractivity contribution in [2.75, 3.05) is 0 Å². The zero-order valence-corrected chi connectivity index (χ0v) is 17.1. The number of aryl methyl sites for hydroxylation is 1. The van der Waals surface area contributed by atoms with Gasteiger partial charge in [0.05, 0.1) is 22.9 Å². The van der Waals surface area contributed by atoms with Crippen LogP contribution in [-0.4, -0.2) is 18.9 Å². The van der Waals surface area contributed by atoms with Gasteiger partial charge in [0.25, 0.3) is 0 Å². The van der Waals surface area contributed by atoms with Gasteiger partial charge < -0.3 is 0 Å². The van der Waals surface area contributed by atoms with Crippen LogP contribution in [-0.2, 0) is 13.6 Å². The van der Waals surface area contributed by atoms with Gasteiger partial charge in [-0.15, -0.1) is 0 Å². The molecule has 0 atom stereocenters. The van der Waals surface area contributed by atoms with Gasteiger partial charge in [-0.2, -0.15) is 5.10 Å². The van der Waals surface area contributed by atoms with E-state index in [1.807, 2.05) is 52.8 Å². The van der Waals surface area contributed by atoms with Crippen molar-refractivity contribution in [3.63, 3.8) is 0 Å². The van der Waals surface area contributed by atoms with Crippen LogP contribution >= 0.6 is 0 Å². The van der Waals surface area contributed by atoms with E-state index in [-0.39, 0.29) is 11.1 Å². The summed E-state index contributed by atoms with van der Waals surface area (Å²) < 4.78 is 5.56. The fraction of sp³-hybridized carbons (Fsp3) is 0.304. The number of fused-ring (bicyclic) bond motifs is 1. The highest BCUT2D eigenvalue weighted by Crippen LogP contribution is 2.28. The maximum atomic E-state index is 12.8. The topological polar surface area (TPSA) is 44.8 Å². The fourth-order valence-electron chi connectivity index (χ4n) is 3.72. The summed E-state index contributed by atoms with van der Waals surface area (Å²) >= 11 is 0. The molecule has 144 valence electrons. The number of para-hydroxylation sites is 1. The zero-order chi connectivity index (χ0) is 20.1. The molecule has 0 aliphatic rings. The quantitative estimate of drug-likeness (QED) is 0.528. The Hall–Kier alpha value is -3.08. The van der Waals surface area contributed by atoms with E-state index in [9.17, 15) is 4.79 Å². The Kier molecular flexibility index (Phi) is 4.26. The van der Waals surface area contributed by atoms with Crippen molar-refractivity contribution in [3.05, 3.63) is 70.9 Å². The molecule has 0 amide bonds. The van der Waals surface area contributed by atoms with E-state index < -0.39 is 0 Å². The Morgan fingerprint density at radius 2 is 1.71 bits per heavy atom. The summed E-state index contributed by atoms with van der Waals surface area (Å²) in [6.45, 7) is 9.20. The number of nitrogens with zero attached hydrogens (tertiary/aromatic N) is 4. The van der Waals surface area contributed by atoms with E-state index in [0.29, 0.717) is 6.54 Å². The first-order valence-corrected chi connectivity index (χ1v) is 9.56. The Morgan fingerprint density at radius 3 is 2.39 bits per heavy atom. The predicted molar refractivity (Wildman–Crippen MR) is 114 cm³/mol. The molecule has 0 aliphatic carbocycles. The van der Waals surface area contributed by atoms with Crippen LogP contribution in [0.15, 0.2) is 59.5 Å². The van der Waals surface area contributed by atoms with Gasteiger partial charge in [-0.05, 0) is 42.2 Å². The zero-order valence-electron chi connectivity index (χ0n) is 17.1.